The number of nitrogens with zero attached hydrogens (tertiary/aromatic N) is 1. The molecule has 0 saturated carbocycles. The Kier molecular flexibility index (Phi) is 7.39. The number of halogens is 1. The standard InChI is InChI=1S/C17H25FN4OS/c1-2-7-19-16(23)13-21-8-10-22(11-9-21)17(24)20-12-14-3-5-15(18)6-4-14/h3-6H,2,7-13H2,1H3,(H,19,23)(H,20,24)/p+1. The van der Waals surface area contributed by atoms with E-state index in [1.54, 1.807) is 12.1 Å². The lowest BCUT2D eigenvalue weighted by molar-refractivity contribution is -0.895. The highest BCUT2D eigenvalue weighted by Gasteiger charge is 2.23. The number of hydrogen-bond acceptors (Lipinski definition) is 2. The molecule has 0 spiro atoms. The molecule has 3 N–H and O–H groups in total. The molecular weight excluding hydrogens is 327 g/mol. The first-order valence-electron chi connectivity index (χ1n) is 8.46. The van der Waals surface area contributed by atoms with Crippen molar-refractivity contribution in [1.29, 1.82) is 0 Å². The van der Waals surface area contributed by atoms with Gasteiger partial charge in [-0.2, -0.15) is 0 Å². The molecule has 0 unspecified atom stereocenters. The second kappa shape index (κ2) is 9.54. The highest BCUT2D eigenvalue weighted by atomic mass is 32.1. The Morgan fingerprint density at radius 3 is 2.54 bits per heavy atom. The number of amides is 1. The zero-order chi connectivity index (χ0) is 17.4. The van der Waals surface area contributed by atoms with Gasteiger partial charge in [-0.05, 0) is 36.3 Å². The molecule has 1 saturated heterocycles. The number of thiocarbonyl (C=S) groups is 1. The fourth-order valence-corrected chi connectivity index (χ4v) is 2.90. The number of quaternary nitrogens is 1. The highest BCUT2D eigenvalue weighted by Crippen LogP contribution is 2.02. The number of nitrogens with one attached hydrogen (secondary N) is 3. The molecule has 1 aliphatic rings. The second-order valence-corrected chi connectivity index (χ2v) is 6.44. The van der Waals surface area contributed by atoms with E-state index in [9.17, 15) is 9.18 Å². The number of rotatable bonds is 6. The van der Waals surface area contributed by atoms with Crippen molar-refractivity contribution in [2.24, 2.45) is 0 Å². The van der Waals surface area contributed by atoms with Gasteiger partial charge in [-0.25, -0.2) is 4.39 Å². The molecule has 1 heterocycles. The molecule has 0 aromatic heterocycles. The van der Waals surface area contributed by atoms with Crippen LogP contribution in [0, 0.1) is 5.82 Å². The van der Waals surface area contributed by atoms with E-state index in [0.717, 1.165) is 44.7 Å². The first kappa shape index (κ1) is 18.6. The minimum Gasteiger partial charge on any atom is -0.358 e. The Morgan fingerprint density at radius 2 is 1.92 bits per heavy atom. The minimum absolute atomic E-state index is 0.123. The quantitative estimate of drug-likeness (QED) is 0.627. The normalized spacial score (nSPS) is 15.2. The van der Waals surface area contributed by atoms with Gasteiger partial charge in [0.15, 0.2) is 11.7 Å². The van der Waals surface area contributed by atoms with Crippen molar-refractivity contribution in [3.05, 3.63) is 35.6 Å². The summed E-state index contributed by atoms with van der Waals surface area (Å²) >= 11 is 5.43. The van der Waals surface area contributed by atoms with Gasteiger partial charge in [-0.15, -0.1) is 0 Å². The topological polar surface area (TPSA) is 48.8 Å². The van der Waals surface area contributed by atoms with Crippen LogP contribution >= 0.6 is 12.2 Å². The maximum atomic E-state index is 12.9. The van der Waals surface area contributed by atoms with Crippen molar-refractivity contribution in [3.63, 3.8) is 0 Å². The summed E-state index contributed by atoms with van der Waals surface area (Å²) in [6.07, 6.45) is 0.961. The van der Waals surface area contributed by atoms with Gasteiger partial charge < -0.3 is 20.4 Å². The van der Waals surface area contributed by atoms with E-state index in [0.29, 0.717) is 18.2 Å². The van der Waals surface area contributed by atoms with Crippen molar-refractivity contribution in [2.45, 2.75) is 19.9 Å². The summed E-state index contributed by atoms with van der Waals surface area (Å²) in [6, 6.07) is 6.40. The number of carbonyl (C=O) groups excluding carboxylic acids is 1. The van der Waals surface area contributed by atoms with Crippen LogP contribution < -0.4 is 15.5 Å². The third-order valence-electron chi connectivity index (χ3n) is 4.10. The smallest absolute Gasteiger partial charge is 0.275 e. The van der Waals surface area contributed by atoms with Crippen LogP contribution in [0.2, 0.25) is 0 Å². The molecule has 0 atom stereocenters. The van der Waals surface area contributed by atoms with Crippen LogP contribution in [0.25, 0.3) is 0 Å². The Morgan fingerprint density at radius 1 is 1.25 bits per heavy atom. The van der Waals surface area contributed by atoms with Gasteiger partial charge in [0.25, 0.3) is 5.91 Å². The summed E-state index contributed by atoms with van der Waals surface area (Å²) in [5.74, 6) is -0.110. The highest BCUT2D eigenvalue weighted by molar-refractivity contribution is 7.80. The minimum atomic E-state index is -0.233. The van der Waals surface area contributed by atoms with E-state index in [4.69, 9.17) is 12.2 Å². The Hall–Kier alpha value is -1.73. The van der Waals surface area contributed by atoms with Gasteiger partial charge in [0, 0.05) is 13.1 Å². The molecule has 1 amide bonds. The van der Waals surface area contributed by atoms with E-state index in [1.165, 1.54) is 17.0 Å². The van der Waals surface area contributed by atoms with Gasteiger partial charge >= 0.3 is 0 Å². The van der Waals surface area contributed by atoms with Crippen LogP contribution in [0.4, 0.5) is 4.39 Å². The number of hydrogen-bond donors (Lipinski definition) is 3. The summed E-state index contributed by atoms with van der Waals surface area (Å²) in [5.41, 5.74) is 0.996. The molecule has 5 nitrogen and oxygen atoms in total. The van der Waals surface area contributed by atoms with Crippen molar-refractivity contribution in [1.82, 2.24) is 15.5 Å². The fraction of sp³-hybridized carbons (Fsp3) is 0.529. The van der Waals surface area contributed by atoms with E-state index in [2.05, 4.69) is 15.5 Å². The number of benzene rings is 1. The van der Waals surface area contributed by atoms with Gasteiger partial charge in [0.05, 0.1) is 26.2 Å². The van der Waals surface area contributed by atoms with E-state index >= 15 is 0 Å². The Labute approximate surface area is 148 Å². The van der Waals surface area contributed by atoms with Crippen molar-refractivity contribution in [2.75, 3.05) is 39.3 Å². The van der Waals surface area contributed by atoms with Gasteiger partial charge in [-0.3, -0.25) is 4.79 Å². The van der Waals surface area contributed by atoms with Gasteiger partial charge in [-0.1, -0.05) is 19.1 Å². The number of piperazine rings is 1. The Balaban J connectivity index is 1.68. The van der Waals surface area contributed by atoms with Crippen molar-refractivity contribution < 1.29 is 14.1 Å². The van der Waals surface area contributed by atoms with Crippen LogP contribution in [0.5, 0.6) is 0 Å². The number of carbonyl (C=O) groups is 1. The average molecular weight is 353 g/mol. The maximum absolute atomic E-state index is 12.9. The predicted octanol–water partition coefficient (Wildman–Crippen LogP) is -0.0731. The van der Waals surface area contributed by atoms with Crippen LogP contribution in [-0.4, -0.2) is 55.2 Å². The molecule has 132 valence electrons. The molecule has 24 heavy (non-hydrogen) atoms. The van der Waals surface area contributed by atoms with E-state index in [1.807, 2.05) is 6.92 Å². The zero-order valence-electron chi connectivity index (χ0n) is 14.1. The molecule has 0 aliphatic carbocycles. The molecule has 1 fully saturated rings. The SMILES string of the molecule is CCCNC(=O)C[NH+]1CCN(C(=S)NCc2ccc(F)cc2)CC1. The molecule has 2 rings (SSSR count). The summed E-state index contributed by atoms with van der Waals surface area (Å²) in [4.78, 5) is 15.2. The fourth-order valence-electron chi connectivity index (χ4n) is 2.65. The predicted molar refractivity (Wildman–Crippen MR) is 96.3 cm³/mol. The van der Waals surface area contributed by atoms with Crippen molar-refractivity contribution >= 4 is 23.2 Å². The monoisotopic (exact) mass is 353 g/mol. The lowest BCUT2D eigenvalue weighted by Gasteiger charge is -2.33. The first-order chi connectivity index (χ1) is 11.6. The summed E-state index contributed by atoms with van der Waals surface area (Å²) < 4.78 is 12.9. The lowest BCUT2D eigenvalue weighted by Crippen LogP contribution is -3.15. The average Bonchev–Trinajstić information content (AvgIpc) is 2.60. The zero-order valence-corrected chi connectivity index (χ0v) is 14.9. The summed E-state index contributed by atoms with van der Waals surface area (Å²) in [7, 11) is 0. The van der Waals surface area contributed by atoms with Crippen molar-refractivity contribution in [3.8, 4) is 0 Å². The molecular formula is C17H26FN4OS+. The molecule has 7 heteroatoms. The largest absolute Gasteiger partial charge is 0.358 e. The van der Waals surface area contributed by atoms with Crippen LogP contribution in [0.15, 0.2) is 24.3 Å². The molecule has 0 bridgehead atoms. The summed E-state index contributed by atoms with van der Waals surface area (Å²) in [6.45, 7) is 7.39. The van der Waals surface area contributed by atoms with Crippen LogP contribution in [-0.2, 0) is 11.3 Å². The molecule has 1 aromatic carbocycles. The van der Waals surface area contributed by atoms with Crippen LogP contribution in [0.3, 0.4) is 0 Å². The summed E-state index contributed by atoms with van der Waals surface area (Å²) in [5, 5.41) is 6.85. The van der Waals surface area contributed by atoms with Gasteiger partial charge in [0.2, 0.25) is 0 Å². The maximum Gasteiger partial charge on any atom is 0.275 e. The third kappa shape index (κ3) is 6.05. The molecule has 0 radical (unpaired) electrons. The van der Waals surface area contributed by atoms with E-state index in [-0.39, 0.29) is 11.7 Å². The second-order valence-electron chi connectivity index (χ2n) is 6.05. The Bertz CT molecular complexity index is 544. The molecule has 1 aliphatic heterocycles. The first-order valence-corrected chi connectivity index (χ1v) is 8.86. The molecule has 1 aromatic rings. The third-order valence-corrected chi connectivity index (χ3v) is 4.50. The van der Waals surface area contributed by atoms with Crippen LogP contribution in [0.1, 0.15) is 18.9 Å². The van der Waals surface area contributed by atoms with Gasteiger partial charge in [0.1, 0.15) is 5.82 Å². The van der Waals surface area contributed by atoms with E-state index < -0.39 is 0 Å². The lowest BCUT2D eigenvalue weighted by atomic mass is 10.2.